The van der Waals surface area contributed by atoms with E-state index in [1.54, 1.807) is 0 Å². The third kappa shape index (κ3) is 3.76. The van der Waals surface area contributed by atoms with E-state index in [1.807, 2.05) is 24.3 Å². The average Bonchev–Trinajstić information content (AvgIpc) is 2.93. The number of ether oxygens (including phenoxy) is 1. The van der Waals surface area contributed by atoms with Crippen LogP contribution < -0.4 is 10.2 Å². The molecule has 1 N–H and O–H groups in total. The quantitative estimate of drug-likeness (QED) is 0.804. The smallest absolute Gasteiger partial charge is 0.244 e. The number of nitrogens with zero attached hydrogens (tertiary/aromatic N) is 2. The fourth-order valence-corrected chi connectivity index (χ4v) is 4.56. The van der Waals surface area contributed by atoms with Crippen LogP contribution in [0, 0.1) is 5.41 Å². The first-order valence-electron chi connectivity index (χ1n) is 10.1. The highest BCUT2D eigenvalue weighted by Gasteiger charge is 2.51. The van der Waals surface area contributed by atoms with Crippen LogP contribution in [0.25, 0.3) is 0 Å². The second-order valence-corrected chi connectivity index (χ2v) is 8.00. The molecule has 1 spiro atoms. The van der Waals surface area contributed by atoms with Crippen molar-refractivity contribution in [3.05, 3.63) is 24.3 Å². The molecule has 4 rings (SSSR count). The maximum absolute atomic E-state index is 12.8. The van der Waals surface area contributed by atoms with Crippen molar-refractivity contribution in [3.8, 4) is 0 Å². The van der Waals surface area contributed by atoms with Gasteiger partial charge in [-0.25, -0.2) is 0 Å². The van der Waals surface area contributed by atoms with Crippen molar-refractivity contribution in [3.63, 3.8) is 0 Å². The lowest BCUT2D eigenvalue weighted by Gasteiger charge is -2.30. The van der Waals surface area contributed by atoms with Crippen molar-refractivity contribution in [2.75, 3.05) is 43.1 Å². The van der Waals surface area contributed by atoms with Crippen molar-refractivity contribution in [2.24, 2.45) is 5.41 Å². The largest absolute Gasteiger partial charge is 0.378 e. The first kappa shape index (κ1) is 18.9. The zero-order chi connectivity index (χ0) is 19.6. The van der Waals surface area contributed by atoms with E-state index in [0.717, 1.165) is 69.0 Å². The summed E-state index contributed by atoms with van der Waals surface area (Å²) in [5, 5.41) is 2.80. The van der Waals surface area contributed by atoms with E-state index in [-0.39, 0.29) is 30.7 Å². The molecule has 2 aliphatic heterocycles. The highest BCUT2D eigenvalue weighted by atomic mass is 16.5. The minimum absolute atomic E-state index is 0.157. The number of carbonyl (C=O) groups excluding carboxylic acids is 3. The van der Waals surface area contributed by atoms with E-state index < -0.39 is 5.41 Å². The summed E-state index contributed by atoms with van der Waals surface area (Å²) >= 11 is 0. The summed E-state index contributed by atoms with van der Waals surface area (Å²) in [6, 6.07) is 7.62. The van der Waals surface area contributed by atoms with Crippen LogP contribution in [0.3, 0.4) is 0 Å². The van der Waals surface area contributed by atoms with Crippen molar-refractivity contribution >= 4 is 29.1 Å². The number of benzene rings is 1. The maximum Gasteiger partial charge on any atom is 0.244 e. The molecule has 1 aliphatic carbocycles. The van der Waals surface area contributed by atoms with Gasteiger partial charge in [0, 0.05) is 30.9 Å². The SMILES string of the molecule is O=C(CN1C(=O)CC2(CCCCC2)C1=O)Nc1ccc(N2CCOCC2)cc1. The van der Waals surface area contributed by atoms with Gasteiger partial charge in [-0.05, 0) is 37.1 Å². The monoisotopic (exact) mass is 385 g/mol. The summed E-state index contributed by atoms with van der Waals surface area (Å²) in [5.74, 6) is -0.714. The molecule has 1 aromatic carbocycles. The Hall–Kier alpha value is -2.41. The molecule has 0 unspecified atom stereocenters. The Balaban J connectivity index is 1.35. The average molecular weight is 385 g/mol. The number of hydrogen-bond acceptors (Lipinski definition) is 5. The number of hydrogen-bond donors (Lipinski definition) is 1. The molecule has 3 aliphatic rings. The highest BCUT2D eigenvalue weighted by molar-refractivity contribution is 6.09. The second kappa shape index (κ2) is 7.91. The van der Waals surface area contributed by atoms with Crippen LogP contribution in [0.4, 0.5) is 11.4 Å². The van der Waals surface area contributed by atoms with E-state index in [0.29, 0.717) is 5.69 Å². The van der Waals surface area contributed by atoms with Crippen LogP contribution in [-0.4, -0.2) is 55.5 Å². The third-order valence-corrected chi connectivity index (χ3v) is 6.13. The van der Waals surface area contributed by atoms with Crippen molar-refractivity contribution < 1.29 is 19.1 Å². The summed E-state index contributed by atoms with van der Waals surface area (Å²) in [5.41, 5.74) is 1.20. The van der Waals surface area contributed by atoms with E-state index in [1.165, 1.54) is 0 Å². The number of carbonyl (C=O) groups is 3. The van der Waals surface area contributed by atoms with Gasteiger partial charge in [-0.3, -0.25) is 19.3 Å². The first-order chi connectivity index (χ1) is 13.6. The van der Waals surface area contributed by atoms with Gasteiger partial charge >= 0.3 is 0 Å². The van der Waals surface area contributed by atoms with Gasteiger partial charge in [0.15, 0.2) is 0 Å². The summed E-state index contributed by atoms with van der Waals surface area (Å²) in [7, 11) is 0. The van der Waals surface area contributed by atoms with Gasteiger partial charge in [0.05, 0.1) is 18.6 Å². The highest BCUT2D eigenvalue weighted by Crippen LogP contribution is 2.45. The molecule has 7 heteroatoms. The van der Waals surface area contributed by atoms with Crippen molar-refractivity contribution in [1.29, 1.82) is 0 Å². The molecule has 0 aromatic heterocycles. The number of rotatable bonds is 4. The predicted octanol–water partition coefficient (Wildman–Crippen LogP) is 2.17. The first-order valence-corrected chi connectivity index (χ1v) is 10.1. The van der Waals surface area contributed by atoms with Crippen LogP contribution in [0.15, 0.2) is 24.3 Å². The van der Waals surface area contributed by atoms with E-state index >= 15 is 0 Å². The zero-order valence-corrected chi connectivity index (χ0v) is 16.1. The van der Waals surface area contributed by atoms with Crippen LogP contribution >= 0.6 is 0 Å². The molecular weight excluding hydrogens is 358 g/mol. The zero-order valence-electron chi connectivity index (χ0n) is 16.1. The third-order valence-electron chi connectivity index (χ3n) is 6.13. The Bertz CT molecular complexity index is 749. The lowest BCUT2D eigenvalue weighted by atomic mass is 9.73. The normalized spacial score (nSPS) is 22.0. The fourth-order valence-electron chi connectivity index (χ4n) is 4.56. The summed E-state index contributed by atoms with van der Waals surface area (Å²) in [6.07, 6.45) is 4.86. The Morgan fingerprint density at radius 3 is 2.39 bits per heavy atom. The maximum atomic E-state index is 12.8. The summed E-state index contributed by atoms with van der Waals surface area (Å²) in [6.45, 7) is 2.94. The molecule has 0 atom stereocenters. The Morgan fingerprint density at radius 2 is 1.71 bits per heavy atom. The number of anilines is 2. The van der Waals surface area contributed by atoms with Gasteiger partial charge in [0.25, 0.3) is 0 Å². The van der Waals surface area contributed by atoms with Gasteiger partial charge < -0.3 is 15.0 Å². The molecule has 0 radical (unpaired) electrons. The number of imide groups is 1. The molecule has 1 aromatic rings. The molecule has 28 heavy (non-hydrogen) atoms. The van der Waals surface area contributed by atoms with Crippen LogP contribution in [0.5, 0.6) is 0 Å². The molecule has 7 nitrogen and oxygen atoms in total. The van der Waals surface area contributed by atoms with Gasteiger partial charge in [-0.2, -0.15) is 0 Å². The van der Waals surface area contributed by atoms with Gasteiger partial charge in [-0.15, -0.1) is 0 Å². The molecule has 2 saturated heterocycles. The molecule has 150 valence electrons. The van der Waals surface area contributed by atoms with Gasteiger partial charge in [0.2, 0.25) is 17.7 Å². The van der Waals surface area contributed by atoms with Crippen molar-refractivity contribution in [1.82, 2.24) is 4.90 Å². The van der Waals surface area contributed by atoms with E-state index in [9.17, 15) is 14.4 Å². The standard InChI is InChI=1S/C21H27N3O4/c25-18(15-24-19(26)14-21(20(24)27)8-2-1-3-9-21)22-16-4-6-17(7-5-16)23-10-12-28-13-11-23/h4-7H,1-3,8-15H2,(H,22,25). The number of likely N-dealkylation sites (tertiary alicyclic amines) is 1. The predicted molar refractivity (Wildman–Crippen MR) is 105 cm³/mol. The lowest BCUT2D eigenvalue weighted by Crippen LogP contribution is -2.41. The Labute approximate surface area is 165 Å². The number of nitrogens with one attached hydrogen (secondary N) is 1. The number of morpholine rings is 1. The molecule has 3 amide bonds. The Morgan fingerprint density at radius 1 is 1.04 bits per heavy atom. The fraction of sp³-hybridized carbons (Fsp3) is 0.571. The van der Waals surface area contributed by atoms with Crippen LogP contribution in [0.1, 0.15) is 38.5 Å². The summed E-state index contributed by atoms with van der Waals surface area (Å²) in [4.78, 5) is 41.0. The van der Waals surface area contributed by atoms with Crippen LogP contribution in [0.2, 0.25) is 0 Å². The van der Waals surface area contributed by atoms with Gasteiger partial charge in [0.1, 0.15) is 6.54 Å². The minimum atomic E-state index is -0.546. The molecule has 3 fully saturated rings. The molecule has 0 bridgehead atoms. The minimum Gasteiger partial charge on any atom is -0.378 e. The topological polar surface area (TPSA) is 79.0 Å². The van der Waals surface area contributed by atoms with Gasteiger partial charge in [-0.1, -0.05) is 19.3 Å². The number of amides is 3. The van der Waals surface area contributed by atoms with E-state index in [4.69, 9.17) is 4.74 Å². The lowest BCUT2D eigenvalue weighted by molar-refractivity contribution is -0.144. The molecule has 1 saturated carbocycles. The van der Waals surface area contributed by atoms with Crippen molar-refractivity contribution in [2.45, 2.75) is 38.5 Å². The second-order valence-electron chi connectivity index (χ2n) is 8.00. The van der Waals surface area contributed by atoms with Crippen LogP contribution in [-0.2, 0) is 19.1 Å². The Kier molecular flexibility index (Phi) is 5.35. The molecular formula is C21H27N3O4. The molecule has 2 heterocycles. The summed E-state index contributed by atoms with van der Waals surface area (Å²) < 4.78 is 5.36. The van der Waals surface area contributed by atoms with E-state index in [2.05, 4.69) is 10.2 Å².